The van der Waals surface area contributed by atoms with Crippen LogP contribution in [0.4, 0.5) is 0 Å². The maximum absolute atomic E-state index is 6.32. The van der Waals surface area contributed by atoms with Crippen molar-refractivity contribution in [2.75, 3.05) is 19.6 Å². The Bertz CT molecular complexity index is 410. The molecule has 0 amide bonds. The number of hydrogen-bond acceptors (Lipinski definition) is 3. The second kappa shape index (κ2) is 6.73. The number of nitrogens with zero attached hydrogens (tertiary/aromatic N) is 3. The molecule has 1 saturated heterocycles. The molecule has 5 heteroatoms. The first-order valence-electron chi connectivity index (χ1n) is 7.25. The van der Waals surface area contributed by atoms with Crippen LogP contribution < -0.4 is 5.32 Å². The van der Waals surface area contributed by atoms with Gasteiger partial charge in [0.05, 0.1) is 5.69 Å². The highest BCUT2D eigenvalue weighted by Crippen LogP contribution is 2.21. The van der Waals surface area contributed by atoms with E-state index in [9.17, 15) is 0 Å². The van der Waals surface area contributed by atoms with Gasteiger partial charge in [-0.2, -0.15) is 5.10 Å². The maximum atomic E-state index is 6.32. The summed E-state index contributed by atoms with van der Waals surface area (Å²) in [5.41, 5.74) is 2.21. The zero-order chi connectivity index (χ0) is 13.8. The summed E-state index contributed by atoms with van der Waals surface area (Å²) in [5.74, 6) is 0. The van der Waals surface area contributed by atoms with Crippen molar-refractivity contribution in [3.8, 4) is 0 Å². The van der Waals surface area contributed by atoms with Crippen molar-refractivity contribution in [1.29, 1.82) is 0 Å². The van der Waals surface area contributed by atoms with Crippen molar-refractivity contribution in [3.05, 3.63) is 16.4 Å². The largest absolute Gasteiger partial charge is 0.313 e. The van der Waals surface area contributed by atoms with Gasteiger partial charge in [-0.15, -0.1) is 0 Å². The molecule has 2 heterocycles. The minimum Gasteiger partial charge on any atom is -0.313 e. The number of piperidine rings is 1. The molecule has 0 aromatic carbocycles. The van der Waals surface area contributed by atoms with Crippen molar-refractivity contribution in [2.45, 2.75) is 45.7 Å². The lowest BCUT2D eigenvalue weighted by atomic mass is 10.0. The summed E-state index contributed by atoms with van der Waals surface area (Å²) in [6.45, 7) is 8.45. The first-order valence-corrected chi connectivity index (χ1v) is 7.63. The molecule has 4 nitrogen and oxygen atoms in total. The number of rotatable bonds is 5. The van der Waals surface area contributed by atoms with E-state index in [2.05, 4.69) is 22.2 Å². The third-order valence-corrected chi connectivity index (χ3v) is 4.46. The van der Waals surface area contributed by atoms with Crippen LogP contribution in [0.5, 0.6) is 0 Å². The zero-order valence-corrected chi connectivity index (χ0v) is 13.0. The summed E-state index contributed by atoms with van der Waals surface area (Å²) >= 11 is 6.32. The SMILES string of the molecule is CCN(Cc1c(C)nn(C)c1Cl)CC1CCCCN1. The summed E-state index contributed by atoms with van der Waals surface area (Å²) in [7, 11) is 1.90. The van der Waals surface area contributed by atoms with Crippen molar-refractivity contribution in [2.24, 2.45) is 7.05 Å². The number of likely N-dealkylation sites (N-methyl/N-ethyl adjacent to an activating group) is 1. The van der Waals surface area contributed by atoms with Gasteiger partial charge in [0, 0.05) is 31.7 Å². The Morgan fingerprint density at radius 3 is 2.79 bits per heavy atom. The number of aromatic nitrogens is 2. The highest BCUT2D eigenvalue weighted by Gasteiger charge is 2.19. The van der Waals surface area contributed by atoms with Crippen molar-refractivity contribution in [3.63, 3.8) is 0 Å². The number of aryl methyl sites for hydroxylation is 2. The highest BCUT2D eigenvalue weighted by atomic mass is 35.5. The third kappa shape index (κ3) is 3.71. The van der Waals surface area contributed by atoms with Crippen LogP contribution in [0.15, 0.2) is 0 Å². The topological polar surface area (TPSA) is 33.1 Å². The quantitative estimate of drug-likeness (QED) is 0.901. The summed E-state index contributed by atoms with van der Waals surface area (Å²) in [5, 5.41) is 8.77. The molecule has 0 bridgehead atoms. The van der Waals surface area contributed by atoms with Gasteiger partial charge in [0.25, 0.3) is 0 Å². The molecule has 0 saturated carbocycles. The van der Waals surface area contributed by atoms with E-state index < -0.39 is 0 Å². The molecule has 1 unspecified atom stereocenters. The molecule has 1 aromatic rings. The average molecular weight is 285 g/mol. The molecule has 108 valence electrons. The summed E-state index contributed by atoms with van der Waals surface area (Å²) in [6.07, 6.45) is 3.95. The van der Waals surface area contributed by atoms with E-state index in [0.717, 1.165) is 37.0 Å². The first-order chi connectivity index (χ1) is 9.11. The normalized spacial score (nSPS) is 20.2. The standard InChI is InChI=1S/C14H25ClN4/c1-4-19(9-12-7-5-6-8-16-12)10-13-11(2)17-18(3)14(13)15/h12,16H,4-10H2,1-3H3. The lowest BCUT2D eigenvalue weighted by Gasteiger charge is -2.29. The van der Waals surface area contributed by atoms with E-state index in [0.29, 0.717) is 6.04 Å². The minimum atomic E-state index is 0.629. The van der Waals surface area contributed by atoms with Gasteiger partial charge in [0.15, 0.2) is 0 Å². The van der Waals surface area contributed by atoms with Gasteiger partial charge in [-0.25, -0.2) is 0 Å². The highest BCUT2D eigenvalue weighted by molar-refractivity contribution is 6.30. The molecule has 1 N–H and O–H groups in total. The summed E-state index contributed by atoms with van der Waals surface area (Å²) in [4.78, 5) is 2.46. The molecule has 0 radical (unpaired) electrons. The van der Waals surface area contributed by atoms with Gasteiger partial charge in [0.1, 0.15) is 5.15 Å². The molecule has 1 aliphatic rings. The fourth-order valence-corrected chi connectivity index (χ4v) is 3.01. The zero-order valence-electron chi connectivity index (χ0n) is 12.2. The number of hydrogen-bond donors (Lipinski definition) is 1. The minimum absolute atomic E-state index is 0.629. The Hall–Kier alpha value is -0.580. The smallest absolute Gasteiger partial charge is 0.131 e. The molecule has 1 atom stereocenters. The van der Waals surface area contributed by atoms with Crippen molar-refractivity contribution in [1.82, 2.24) is 20.0 Å². The van der Waals surface area contributed by atoms with Gasteiger partial charge in [-0.3, -0.25) is 9.58 Å². The Morgan fingerprint density at radius 1 is 1.47 bits per heavy atom. The van der Waals surface area contributed by atoms with E-state index in [-0.39, 0.29) is 0 Å². The second-order valence-corrected chi connectivity index (χ2v) is 5.81. The predicted molar refractivity (Wildman–Crippen MR) is 79.5 cm³/mol. The Kier molecular flexibility index (Phi) is 5.25. The Balaban J connectivity index is 1.98. The fourth-order valence-electron chi connectivity index (χ4n) is 2.77. The monoisotopic (exact) mass is 284 g/mol. The third-order valence-electron chi connectivity index (χ3n) is 3.99. The molecule has 19 heavy (non-hydrogen) atoms. The van der Waals surface area contributed by atoms with E-state index in [4.69, 9.17) is 11.6 Å². The first kappa shape index (κ1) is 14.8. The Labute approximate surface area is 121 Å². The van der Waals surface area contributed by atoms with Gasteiger partial charge in [-0.05, 0) is 32.9 Å². The lowest BCUT2D eigenvalue weighted by Crippen LogP contribution is -2.43. The Morgan fingerprint density at radius 2 is 2.26 bits per heavy atom. The van der Waals surface area contributed by atoms with Crippen molar-refractivity contribution >= 4 is 11.6 Å². The second-order valence-electron chi connectivity index (χ2n) is 5.45. The maximum Gasteiger partial charge on any atom is 0.131 e. The summed E-state index contributed by atoms with van der Waals surface area (Å²) < 4.78 is 1.76. The predicted octanol–water partition coefficient (Wildman–Crippen LogP) is 2.35. The molecule has 0 spiro atoms. The van der Waals surface area contributed by atoms with E-state index in [1.165, 1.54) is 24.8 Å². The van der Waals surface area contributed by atoms with Crippen LogP contribution in [0.3, 0.4) is 0 Å². The van der Waals surface area contributed by atoms with Crippen molar-refractivity contribution < 1.29 is 0 Å². The lowest BCUT2D eigenvalue weighted by molar-refractivity contribution is 0.226. The molecule has 2 rings (SSSR count). The van der Waals surface area contributed by atoms with Gasteiger partial charge in [-0.1, -0.05) is 24.9 Å². The fraction of sp³-hybridized carbons (Fsp3) is 0.786. The van der Waals surface area contributed by atoms with Gasteiger partial charge in [0.2, 0.25) is 0 Å². The van der Waals surface area contributed by atoms with Crippen LogP contribution in [0.2, 0.25) is 5.15 Å². The molecule has 1 aromatic heterocycles. The molecule has 0 aliphatic carbocycles. The van der Waals surface area contributed by atoms with Crippen LogP contribution in [0.1, 0.15) is 37.4 Å². The van der Waals surface area contributed by atoms with E-state index >= 15 is 0 Å². The van der Waals surface area contributed by atoms with Crippen LogP contribution in [-0.4, -0.2) is 40.4 Å². The molecular formula is C14H25ClN4. The van der Waals surface area contributed by atoms with E-state index in [1.54, 1.807) is 4.68 Å². The molecular weight excluding hydrogens is 260 g/mol. The van der Waals surface area contributed by atoms with Crippen LogP contribution in [-0.2, 0) is 13.6 Å². The molecule has 1 fully saturated rings. The molecule has 1 aliphatic heterocycles. The van der Waals surface area contributed by atoms with Crippen LogP contribution >= 0.6 is 11.6 Å². The number of nitrogens with one attached hydrogen (secondary N) is 1. The van der Waals surface area contributed by atoms with E-state index in [1.807, 2.05) is 14.0 Å². The number of halogens is 1. The average Bonchev–Trinajstić information content (AvgIpc) is 2.65. The van der Waals surface area contributed by atoms with Crippen LogP contribution in [0, 0.1) is 6.92 Å². The van der Waals surface area contributed by atoms with Gasteiger partial charge >= 0.3 is 0 Å². The van der Waals surface area contributed by atoms with Gasteiger partial charge < -0.3 is 5.32 Å². The summed E-state index contributed by atoms with van der Waals surface area (Å²) in [6, 6.07) is 0.629. The van der Waals surface area contributed by atoms with Crippen LogP contribution in [0.25, 0.3) is 0 Å².